The Kier molecular flexibility index (Phi) is 4.42. The van der Waals surface area contributed by atoms with Gasteiger partial charge in [-0.25, -0.2) is 0 Å². The van der Waals surface area contributed by atoms with E-state index in [9.17, 15) is 14.7 Å². The molecule has 0 bridgehead atoms. The Morgan fingerprint density at radius 1 is 1.32 bits per heavy atom. The van der Waals surface area contributed by atoms with Gasteiger partial charge in [0.15, 0.2) is 0 Å². The zero-order valence-corrected chi connectivity index (χ0v) is 11.5. The van der Waals surface area contributed by atoms with E-state index in [0.717, 1.165) is 6.42 Å². The van der Waals surface area contributed by atoms with Crippen molar-refractivity contribution in [3.8, 4) is 0 Å². The maximum absolute atomic E-state index is 12.2. The number of carboxylic acids is 1. The lowest BCUT2D eigenvalue weighted by Gasteiger charge is -2.33. The van der Waals surface area contributed by atoms with Crippen LogP contribution in [0.3, 0.4) is 0 Å². The van der Waals surface area contributed by atoms with Crippen molar-refractivity contribution in [1.82, 2.24) is 9.80 Å². The normalized spacial score (nSPS) is 32.5. The molecule has 2 rings (SSSR count). The number of carboxylic acid groups (broad SMARTS) is 1. The number of ether oxygens (including phenoxy) is 1. The highest BCUT2D eigenvalue weighted by Gasteiger charge is 2.38. The van der Waals surface area contributed by atoms with E-state index in [-0.39, 0.29) is 24.5 Å². The lowest BCUT2D eigenvalue weighted by molar-refractivity contribution is -0.146. The number of likely N-dealkylation sites (tertiary alicyclic amines) is 1. The molecule has 2 fully saturated rings. The van der Waals surface area contributed by atoms with E-state index < -0.39 is 12.0 Å². The van der Waals surface area contributed by atoms with Crippen LogP contribution in [0.25, 0.3) is 0 Å². The molecule has 0 aromatic heterocycles. The quantitative estimate of drug-likeness (QED) is 0.783. The van der Waals surface area contributed by atoms with Gasteiger partial charge in [-0.2, -0.15) is 0 Å². The van der Waals surface area contributed by atoms with Gasteiger partial charge in [0.25, 0.3) is 0 Å². The molecule has 0 spiro atoms. The Hall–Kier alpha value is -1.14. The molecule has 6 heteroatoms. The molecule has 3 unspecified atom stereocenters. The summed E-state index contributed by atoms with van der Waals surface area (Å²) in [4.78, 5) is 27.0. The van der Waals surface area contributed by atoms with Crippen molar-refractivity contribution >= 4 is 11.9 Å². The van der Waals surface area contributed by atoms with Gasteiger partial charge in [-0.3, -0.25) is 14.5 Å². The van der Waals surface area contributed by atoms with Gasteiger partial charge in [-0.05, 0) is 25.8 Å². The molecular formula is C13H22N2O4. The number of carbonyl (C=O) groups excluding carboxylic acids is 1. The molecule has 3 atom stereocenters. The van der Waals surface area contributed by atoms with E-state index in [1.807, 2.05) is 13.8 Å². The number of aliphatic carboxylic acids is 1. The summed E-state index contributed by atoms with van der Waals surface area (Å²) in [6.07, 6.45) is 0.898. The summed E-state index contributed by atoms with van der Waals surface area (Å²) in [6, 6.07) is -0.526. The van der Waals surface area contributed by atoms with Crippen LogP contribution in [0.1, 0.15) is 20.3 Å². The molecule has 0 radical (unpaired) electrons. The Labute approximate surface area is 113 Å². The summed E-state index contributed by atoms with van der Waals surface area (Å²) in [7, 11) is 0. The molecule has 2 saturated heterocycles. The van der Waals surface area contributed by atoms with Crippen LogP contribution >= 0.6 is 0 Å². The van der Waals surface area contributed by atoms with Crippen molar-refractivity contribution in [2.24, 2.45) is 5.92 Å². The van der Waals surface area contributed by atoms with E-state index in [2.05, 4.69) is 0 Å². The highest BCUT2D eigenvalue weighted by Crippen LogP contribution is 2.24. The van der Waals surface area contributed by atoms with Crippen molar-refractivity contribution in [3.63, 3.8) is 0 Å². The Balaban J connectivity index is 1.93. The highest BCUT2D eigenvalue weighted by molar-refractivity contribution is 5.80. The molecule has 1 N–H and O–H groups in total. The Morgan fingerprint density at radius 2 is 2.05 bits per heavy atom. The number of rotatable bonds is 3. The first-order valence-electron chi connectivity index (χ1n) is 6.85. The van der Waals surface area contributed by atoms with E-state index >= 15 is 0 Å². The fraction of sp³-hybridized carbons (Fsp3) is 0.846. The van der Waals surface area contributed by atoms with E-state index in [1.54, 1.807) is 9.80 Å². The zero-order chi connectivity index (χ0) is 14.0. The average molecular weight is 270 g/mol. The monoisotopic (exact) mass is 270 g/mol. The second-order valence-corrected chi connectivity index (χ2v) is 5.54. The second kappa shape index (κ2) is 5.88. The molecular weight excluding hydrogens is 248 g/mol. The molecule has 2 aliphatic rings. The molecule has 0 aliphatic carbocycles. The summed E-state index contributed by atoms with van der Waals surface area (Å²) >= 11 is 0. The van der Waals surface area contributed by atoms with Crippen molar-refractivity contribution in [3.05, 3.63) is 0 Å². The van der Waals surface area contributed by atoms with Crippen LogP contribution in [-0.2, 0) is 14.3 Å². The van der Waals surface area contributed by atoms with E-state index in [1.165, 1.54) is 0 Å². The van der Waals surface area contributed by atoms with Gasteiger partial charge in [0, 0.05) is 13.1 Å². The minimum Gasteiger partial charge on any atom is -0.480 e. The molecule has 2 heterocycles. The number of carbonyl (C=O) groups is 2. The SMILES string of the molecule is CC1CN(C(=O)CN2CCC(C)C2C(=O)O)CCO1. The predicted octanol–water partition coefficient (Wildman–Crippen LogP) is 0.0287. The van der Waals surface area contributed by atoms with Crippen LogP contribution in [0, 0.1) is 5.92 Å². The number of nitrogens with zero attached hydrogens (tertiary/aromatic N) is 2. The van der Waals surface area contributed by atoms with Crippen molar-refractivity contribution in [1.29, 1.82) is 0 Å². The first-order valence-corrected chi connectivity index (χ1v) is 6.85. The van der Waals surface area contributed by atoms with Crippen molar-refractivity contribution in [2.45, 2.75) is 32.4 Å². The van der Waals surface area contributed by atoms with Gasteiger partial charge in [-0.1, -0.05) is 6.92 Å². The molecule has 0 saturated carbocycles. The van der Waals surface area contributed by atoms with Gasteiger partial charge >= 0.3 is 5.97 Å². The summed E-state index contributed by atoms with van der Waals surface area (Å²) in [5.41, 5.74) is 0. The van der Waals surface area contributed by atoms with Crippen molar-refractivity contribution < 1.29 is 19.4 Å². The fourth-order valence-electron chi connectivity index (χ4n) is 2.92. The first kappa shape index (κ1) is 14.3. The lowest BCUT2D eigenvalue weighted by atomic mass is 10.0. The van der Waals surface area contributed by atoms with Crippen LogP contribution < -0.4 is 0 Å². The maximum atomic E-state index is 12.2. The minimum absolute atomic E-state index is 0.00972. The smallest absolute Gasteiger partial charge is 0.321 e. The first-order chi connectivity index (χ1) is 8.99. The van der Waals surface area contributed by atoms with Gasteiger partial charge in [0.1, 0.15) is 6.04 Å². The molecule has 0 aromatic carbocycles. The molecule has 6 nitrogen and oxygen atoms in total. The van der Waals surface area contributed by atoms with Crippen LogP contribution in [-0.4, -0.2) is 71.7 Å². The highest BCUT2D eigenvalue weighted by atomic mass is 16.5. The zero-order valence-electron chi connectivity index (χ0n) is 11.5. The summed E-state index contributed by atoms with van der Waals surface area (Å²) in [6.45, 7) is 6.52. The second-order valence-electron chi connectivity index (χ2n) is 5.54. The fourth-order valence-corrected chi connectivity index (χ4v) is 2.92. The number of hydrogen-bond acceptors (Lipinski definition) is 4. The summed E-state index contributed by atoms with van der Waals surface area (Å²) in [5, 5.41) is 9.23. The van der Waals surface area contributed by atoms with Crippen LogP contribution in [0.2, 0.25) is 0 Å². The molecule has 108 valence electrons. The molecule has 0 aromatic rings. The number of amides is 1. The topological polar surface area (TPSA) is 70.1 Å². The van der Waals surface area contributed by atoms with Crippen LogP contribution in [0.4, 0.5) is 0 Å². The standard InChI is InChI=1S/C13H22N2O4/c1-9-3-4-15(12(9)13(17)18)8-11(16)14-5-6-19-10(2)7-14/h9-10,12H,3-8H2,1-2H3,(H,17,18). The third-order valence-electron chi connectivity index (χ3n) is 3.99. The summed E-state index contributed by atoms with van der Waals surface area (Å²) in [5.74, 6) is -0.711. The van der Waals surface area contributed by atoms with Crippen LogP contribution in [0.5, 0.6) is 0 Å². The molecule has 2 aliphatic heterocycles. The predicted molar refractivity (Wildman–Crippen MR) is 68.8 cm³/mol. The number of morpholine rings is 1. The molecule has 19 heavy (non-hydrogen) atoms. The van der Waals surface area contributed by atoms with Crippen LogP contribution in [0.15, 0.2) is 0 Å². The van der Waals surface area contributed by atoms with Gasteiger partial charge in [0.2, 0.25) is 5.91 Å². The number of hydrogen-bond donors (Lipinski definition) is 1. The van der Waals surface area contributed by atoms with E-state index in [0.29, 0.717) is 26.2 Å². The van der Waals surface area contributed by atoms with Gasteiger partial charge in [-0.15, -0.1) is 0 Å². The lowest BCUT2D eigenvalue weighted by Crippen LogP contribution is -2.50. The molecule has 1 amide bonds. The summed E-state index contributed by atoms with van der Waals surface area (Å²) < 4.78 is 5.40. The Bertz CT molecular complexity index is 361. The van der Waals surface area contributed by atoms with Gasteiger partial charge in [0.05, 0.1) is 19.3 Å². The third kappa shape index (κ3) is 3.25. The van der Waals surface area contributed by atoms with E-state index in [4.69, 9.17) is 4.74 Å². The Morgan fingerprint density at radius 3 is 2.68 bits per heavy atom. The minimum atomic E-state index is -0.826. The average Bonchev–Trinajstić information content (AvgIpc) is 2.70. The third-order valence-corrected chi connectivity index (χ3v) is 3.99. The van der Waals surface area contributed by atoms with Crippen molar-refractivity contribution in [2.75, 3.05) is 32.8 Å². The van der Waals surface area contributed by atoms with Gasteiger partial charge < -0.3 is 14.7 Å². The largest absolute Gasteiger partial charge is 0.480 e. The maximum Gasteiger partial charge on any atom is 0.321 e.